The van der Waals surface area contributed by atoms with Crippen molar-refractivity contribution in [2.75, 3.05) is 33.8 Å². The van der Waals surface area contributed by atoms with Crippen LogP contribution < -0.4 is 0 Å². The number of likely N-dealkylation sites (N-methyl/N-ethyl adjacent to an activating group) is 2. The Labute approximate surface area is 84.6 Å². The summed E-state index contributed by atoms with van der Waals surface area (Å²) in [6, 6.07) is 0. The molecule has 0 heterocycles. The van der Waals surface area contributed by atoms with Gasteiger partial charge in [0.2, 0.25) is 5.91 Å². The number of carbonyl (C=O) groups excluding carboxylic acids is 2. The Kier molecular flexibility index (Phi) is 5.67. The van der Waals surface area contributed by atoms with Gasteiger partial charge in [-0.25, -0.2) is 4.79 Å². The van der Waals surface area contributed by atoms with Gasteiger partial charge in [0.25, 0.3) is 0 Å². The highest BCUT2D eigenvalue weighted by molar-refractivity contribution is 5.82. The van der Waals surface area contributed by atoms with E-state index in [1.807, 2.05) is 13.8 Å². The maximum absolute atomic E-state index is 11.5. The lowest BCUT2D eigenvalue weighted by atomic mass is 10.4. The van der Waals surface area contributed by atoms with Gasteiger partial charge in [-0.1, -0.05) is 0 Å². The number of carbonyl (C=O) groups is 2. The SMILES string of the molecule is CCN(CC)C(=O)CN(C)C(=O)OC. The number of amides is 2. The van der Waals surface area contributed by atoms with Crippen LogP contribution in [0.15, 0.2) is 0 Å². The first-order valence-corrected chi connectivity index (χ1v) is 4.63. The van der Waals surface area contributed by atoms with Gasteiger partial charge in [-0.3, -0.25) is 4.79 Å². The third kappa shape index (κ3) is 3.64. The first-order valence-electron chi connectivity index (χ1n) is 4.63. The van der Waals surface area contributed by atoms with E-state index >= 15 is 0 Å². The van der Waals surface area contributed by atoms with Gasteiger partial charge in [0, 0.05) is 20.1 Å². The van der Waals surface area contributed by atoms with Crippen molar-refractivity contribution >= 4 is 12.0 Å². The average molecular weight is 202 g/mol. The van der Waals surface area contributed by atoms with Gasteiger partial charge in [0.15, 0.2) is 0 Å². The quantitative estimate of drug-likeness (QED) is 0.669. The molecular formula is C9H18N2O3. The number of ether oxygens (including phenoxy) is 1. The molecule has 0 unspecified atom stereocenters. The Bertz CT molecular complexity index is 202. The molecular weight excluding hydrogens is 184 g/mol. The molecule has 0 aromatic carbocycles. The Morgan fingerprint density at radius 3 is 2.07 bits per heavy atom. The van der Waals surface area contributed by atoms with E-state index in [1.165, 1.54) is 19.1 Å². The molecule has 0 spiro atoms. The number of hydrogen-bond acceptors (Lipinski definition) is 3. The lowest BCUT2D eigenvalue weighted by Crippen LogP contribution is -2.40. The fraction of sp³-hybridized carbons (Fsp3) is 0.778. The van der Waals surface area contributed by atoms with Crippen molar-refractivity contribution in [1.29, 1.82) is 0 Å². The van der Waals surface area contributed by atoms with Crippen molar-refractivity contribution in [2.24, 2.45) is 0 Å². The molecule has 0 saturated heterocycles. The van der Waals surface area contributed by atoms with E-state index in [4.69, 9.17) is 0 Å². The molecule has 0 aromatic rings. The van der Waals surface area contributed by atoms with Crippen molar-refractivity contribution in [3.8, 4) is 0 Å². The predicted molar refractivity (Wildman–Crippen MR) is 53.0 cm³/mol. The lowest BCUT2D eigenvalue weighted by Gasteiger charge is -2.22. The summed E-state index contributed by atoms with van der Waals surface area (Å²) in [7, 11) is 2.83. The van der Waals surface area contributed by atoms with Gasteiger partial charge < -0.3 is 14.5 Å². The summed E-state index contributed by atoms with van der Waals surface area (Å²) in [5.74, 6) is -0.0668. The molecule has 0 atom stereocenters. The molecule has 0 rings (SSSR count). The minimum absolute atomic E-state index is 0.0638. The van der Waals surface area contributed by atoms with E-state index in [2.05, 4.69) is 4.74 Å². The van der Waals surface area contributed by atoms with E-state index in [0.29, 0.717) is 13.1 Å². The molecule has 0 radical (unpaired) electrons. The van der Waals surface area contributed by atoms with Crippen molar-refractivity contribution in [3.05, 3.63) is 0 Å². The van der Waals surface area contributed by atoms with Crippen LogP contribution in [0.2, 0.25) is 0 Å². The van der Waals surface area contributed by atoms with E-state index in [-0.39, 0.29) is 12.5 Å². The normalized spacial score (nSPS) is 9.43. The van der Waals surface area contributed by atoms with Gasteiger partial charge in [-0.15, -0.1) is 0 Å². The summed E-state index contributed by atoms with van der Waals surface area (Å²) in [4.78, 5) is 25.4. The zero-order chi connectivity index (χ0) is 11.1. The molecule has 0 fully saturated rings. The molecule has 0 aliphatic heterocycles. The molecule has 0 saturated carbocycles. The van der Waals surface area contributed by atoms with Crippen molar-refractivity contribution in [1.82, 2.24) is 9.80 Å². The van der Waals surface area contributed by atoms with Gasteiger partial charge >= 0.3 is 6.09 Å². The standard InChI is InChI=1S/C9H18N2O3/c1-5-11(6-2)8(12)7-10(3)9(13)14-4/h5-7H2,1-4H3. The molecule has 0 bridgehead atoms. The zero-order valence-corrected chi connectivity index (χ0v) is 9.24. The highest BCUT2D eigenvalue weighted by Gasteiger charge is 2.16. The molecule has 0 N–H and O–H groups in total. The number of rotatable bonds is 4. The molecule has 2 amide bonds. The van der Waals surface area contributed by atoms with Crippen LogP contribution in [0.25, 0.3) is 0 Å². The van der Waals surface area contributed by atoms with Crippen molar-refractivity contribution in [2.45, 2.75) is 13.8 Å². The van der Waals surface area contributed by atoms with Crippen LogP contribution in [0.3, 0.4) is 0 Å². The lowest BCUT2D eigenvalue weighted by molar-refractivity contribution is -0.131. The highest BCUT2D eigenvalue weighted by atomic mass is 16.5. The minimum atomic E-state index is -0.495. The maximum Gasteiger partial charge on any atom is 0.409 e. The average Bonchev–Trinajstić information content (AvgIpc) is 2.18. The van der Waals surface area contributed by atoms with E-state index in [1.54, 1.807) is 4.90 Å². The second kappa shape index (κ2) is 6.23. The minimum Gasteiger partial charge on any atom is -0.453 e. The summed E-state index contributed by atoms with van der Waals surface area (Å²) in [6.45, 7) is 5.18. The predicted octanol–water partition coefficient (Wildman–Crippen LogP) is 0.553. The van der Waals surface area contributed by atoms with E-state index in [0.717, 1.165) is 0 Å². The fourth-order valence-electron chi connectivity index (χ4n) is 1.10. The summed E-state index contributed by atoms with van der Waals surface area (Å²) >= 11 is 0. The number of methoxy groups -OCH3 is 1. The van der Waals surface area contributed by atoms with Crippen LogP contribution in [0.4, 0.5) is 4.79 Å². The van der Waals surface area contributed by atoms with Crippen LogP contribution in [0.1, 0.15) is 13.8 Å². The van der Waals surface area contributed by atoms with Crippen LogP contribution in [-0.4, -0.2) is 55.6 Å². The third-order valence-electron chi connectivity index (χ3n) is 1.97. The Balaban J connectivity index is 4.10. The molecule has 0 aliphatic carbocycles. The second-order valence-electron chi connectivity index (χ2n) is 2.89. The third-order valence-corrected chi connectivity index (χ3v) is 1.97. The van der Waals surface area contributed by atoms with Crippen LogP contribution in [0.5, 0.6) is 0 Å². The molecule has 82 valence electrons. The molecule has 14 heavy (non-hydrogen) atoms. The smallest absolute Gasteiger partial charge is 0.409 e. The monoisotopic (exact) mass is 202 g/mol. The summed E-state index contributed by atoms with van der Waals surface area (Å²) in [5, 5.41) is 0. The molecule has 5 heteroatoms. The van der Waals surface area contributed by atoms with Crippen LogP contribution >= 0.6 is 0 Å². The van der Waals surface area contributed by atoms with E-state index in [9.17, 15) is 9.59 Å². The van der Waals surface area contributed by atoms with Gasteiger partial charge in [0.05, 0.1) is 7.11 Å². The zero-order valence-electron chi connectivity index (χ0n) is 9.24. The van der Waals surface area contributed by atoms with Crippen LogP contribution in [0, 0.1) is 0 Å². The highest BCUT2D eigenvalue weighted by Crippen LogP contribution is 1.94. The van der Waals surface area contributed by atoms with Gasteiger partial charge in [-0.2, -0.15) is 0 Å². The Morgan fingerprint density at radius 1 is 1.21 bits per heavy atom. The maximum atomic E-state index is 11.5. The van der Waals surface area contributed by atoms with E-state index < -0.39 is 6.09 Å². The summed E-state index contributed by atoms with van der Waals surface area (Å²) in [5.41, 5.74) is 0. The first-order chi connectivity index (χ1) is 6.56. The fourth-order valence-corrected chi connectivity index (χ4v) is 1.10. The number of nitrogens with zero attached hydrogens (tertiary/aromatic N) is 2. The molecule has 0 aliphatic rings. The van der Waals surface area contributed by atoms with Gasteiger partial charge in [0.1, 0.15) is 6.54 Å². The molecule has 5 nitrogen and oxygen atoms in total. The Morgan fingerprint density at radius 2 is 1.71 bits per heavy atom. The van der Waals surface area contributed by atoms with Crippen molar-refractivity contribution < 1.29 is 14.3 Å². The Hall–Kier alpha value is -1.26. The molecule has 0 aromatic heterocycles. The number of hydrogen-bond donors (Lipinski definition) is 0. The summed E-state index contributed by atoms with van der Waals surface area (Å²) < 4.78 is 4.48. The van der Waals surface area contributed by atoms with Crippen LogP contribution in [-0.2, 0) is 9.53 Å². The topological polar surface area (TPSA) is 49.9 Å². The largest absolute Gasteiger partial charge is 0.453 e. The van der Waals surface area contributed by atoms with Gasteiger partial charge in [-0.05, 0) is 13.8 Å². The summed E-state index contributed by atoms with van der Waals surface area (Å²) in [6.07, 6.45) is -0.495. The van der Waals surface area contributed by atoms with Crippen molar-refractivity contribution in [3.63, 3.8) is 0 Å². The first kappa shape index (κ1) is 12.7. The second-order valence-corrected chi connectivity index (χ2v) is 2.89.